The van der Waals surface area contributed by atoms with Crippen LogP contribution in [0.25, 0.3) is 11.4 Å². The molecule has 0 saturated heterocycles. The molecule has 2 rings (SSSR count). The van der Waals surface area contributed by atoms with Crippen LogP contribution in [-0.2, 0) is 11.9 Å². The van der Waals surface area contributed by atoms with Crippen LogP contribution in [-0.4, -0.2) is 19.7 Å². The number of hydrogen-bond acceptors (Lipinski definition) is 4. The summed E-state index contributed by atoms with van der Waals surface area (Å²) in [5, 5.41) is 19.9. The lowest BCUT2D eigenvalue weighted by Gasteiger charge is -2.09. The van der Waals surface area contributed by atoms with Gasteiger partial charge in [0.1, 0.15) is 5.82 Å². The van der Waals surface area contributed by atoms with Crippen LogP contribution in [0.4, 0.5) is 5.69 Å². The third-order valence-corrected chi connectivity index (χ3v) is 3.57. The van der Waals surface area contributed by atoms with Crippen molar-refractivity contribution in [2.75, 3.05) is 0 Å². The Labute approximate surface area is 125 Å². The van der Waals surface area contributed by atoms with Crippen molar-refractivity contribution in [2.24, 2.45) is 0 Å². The fourth-order valence-electron chi connectivity index (χ4n) is 2.06. The smallest absolute Gasteiger partial charge is 0.270 e. The molecule has 0 spiro atoms. The van der Waals surface area contributed by atoms with Crippen molar-refractivity contribution in [3.63, 3.8) is 0 Å². The molecule has 0 N–H and O–H groups in total. The number of rotatable bonds is 5. The van der Waals surface area contributed by atoms with Gasteiger partial charge in [-0.2, -0.15) is 0 Å². The summed E-state index contributed by atoms with van der Waals surface area (Å²) in [6.07, 6.45) is 0.943. The van der Waals surface area contributed by atoms with Gasteiger partial charge in [-0.15, -0.1) is 10.2 Å². The van der Waals surface area contributed by atoms with Gasteiger partial charge in [-0.05, 0) is 18.9 Å². The van der Waals surface area contributed by atoms with Crippen molar-refractivity contribution in [3.05, 3.63) is 39.7 Å². The average molecular weight is 339 g/mol. The highest BCUT2D eigenvalue weighted by atomic mass is 79.9. The normalized spacial score (nSPS) is 10.8. The first-order valence-corrected chi connectivity index (χ1v) is 7.44. The topological polar surface area (TPSA) is 73.8 Å². The molecule has 6 nitrogen and oxygen atoms in total. The van der Waals surface area contributed by atoms with Gasteiger partial charge in [0.15, 0.2) is 5.82 Å². The lowest BCUT2D eigenvalue weighted by molar-refractivity contribution is -0.384. The van der Waals surface area contributed by atoms with Crippen molar-refractivity contribution in [3.8, 4) is 11.4 Å². The zero-order valence-corrected chi connectivity index (χ0v) is 12.9. The number of non-ortho nitro benzene ring substituents is 1. The zero-order valence-electron chi connectivity index (χ0n) is 11.3. The predicted octanol–water partition coefficient (Wildman–Crippen LogP) is 3.47. The molecule has 1 aromatic carbocycles. The second-order valence-corrected chi connectivity index (χ2v) is 5.04. The van der Waals surface area contributed by atoms with Gasteiger partial charge in [0, 0.05) is 24.2 Å². The number of nitro groups is 1. The molecule has 0 radical (unpaired) electrons. The number of benzene rings is 1. The molecule has 0 amide bonds. The number of nitrogens with zero attached hydrogens (tertiary/aromatic N) is 4. The minimum absolute atomic E-state index is 0.0667. The lowest BCUT2D eigenvalue weighted by Crippen LogP contribution is -2.04. The molecule has 1 heterocycles. The van der Waals surface area contributed by atoms with Gasteiger partial charge in [0.05, 0.1) is 10.3 Å². The van der Waals surface area contributed by atoms with Gasteiger partial charge >= 0.3 is 0 Å². The molecule has 0 unspecified atom stereocenters. The molecular formula is C13H15BrN4O2. The Morgan fingerprint density at radius 1 is 1.40 bits per heavy atom. The summed E-state index contributed by atoms with van der Waals surface area (Å²) >= 11 is 3.39. The van der Waals surface area contributed by atoms with Crippen LogP contribution in [0.15, 0.2) is 18.2 Å². The first-order chi connectivity index (χ1) is 9.58. The SMILES string of the molecule is CCCn1c(CBr)nnc1-c1cc([N+](=O)[O-])ccc1C. The fourth-order valence-corrected chi connectivity index (χ4v) is 2.47. The number of halogens is 1. The van der Waals surface area contributed by atoms with E-state index in [0.29, 0.717) is 11.2 Å². The third-order valence-electron chi connectivity index (χ3n) is 3.07. The van der Waals surface area contributed by atoms with Crippen LogP contribution in [0.5, 0.6) is 0 Å². The quantitative estimate of drug-likeness (QED) is 0.475. The summed E-state index contributed by atoms with van der Waals surface area (Å²) in [5.41, 5.74) is 1.77. The standard InChI is InChI=1S/C13H15BrN4O2/c1-3-6-17-12(8-14)15-16-13(17)11-7-10(18(19)20)5-4-9(11)2/h4-5,7H,3,6,8H2,1-2H3. The molecule has 0 bridgehead atoms. The molecule has 0 aliphatic heterocycles. The summed E-state index contributed by atoms with van der Waals surface area (Å²) in [5.74, 6) is 1.51. The average Bonchev–Trinajstić information content (AvgIpc) is 2.82. The summed E-state index contributed by atoms with van der Waals surface area (Å²) in [6.45, 7) is 4.77. The highest BCUT2D eigenvalue weighted by Gasteiger charge is 2.17. The van der Waals surface area contributed by atoms with Crippen LogP contribution in [0.1, 0.15) is 24.7 Å². The van der Waals surface area contributed by atoms with Crippen molar-refractivity contribution in [1.29, 1.82) is 0 Å². The Balaban J connectivity index is 2.58. The van der Waals surface area contributed by atoms with Crippen molar-refractivity contribution in [1.82, 2.24) is 14.8 Å². The maximum atomic E-state index is 10.9. The summed E-state index contributed by atoms with van der Waals surface area (Å²) in [4.78, 5) is 10.5. The van der Waals surface area contributed by atoms with E-state index in [1.54, 1.807) is 12.1 Å². The van der Waals surface area contributed by atoms with E-state index < -0.39 is 4.92 Å². The zero-order chi connectivity index (χ0) is 14.7. The maximum absolute atomic E-state index is 10.9. The molecular weight excluding hydrogens is 324 g/mol. The Morgan fingerprint density at radius 2 is 2.15 bits per heavy atom. The van der Waals surface area contributed by atoms with Crippen LogP contribution in [0.2, 0.25) is 0 Å². The van der Waals surface area contributed by atoms with E-state index in [2.05, 4.69) is 33.1 Å². The number of alkyl halides is 1. The van der Waals surface area contributed by atoms with Gasteiger partial charge in [-0.25, -0.2) is 0 Å². The predicted molar refractivity (Wildman–Crippen MR) is 79.8 cm³/mol. The van der Waals surface area contributed by atoms with Crippen LogP contribution in [0, 0.1) is 17.0 Å². The van der Waals surface area contributed by atoms with Crippen LogP contribution in [0.3, 0.4) is 0 Å². The van der Waals surface area contributed by atoms with E-state index >= 15 is 0 Å². The third kappa shape index (κ3) is 2.72. The maximum Gasteiger partial charge on any atom is 0.270 e. The summed E-state index contributed by atoms with van der Waals surface area (Å²) in [6, 6.07) is 4.81. The second kappa shape index (κ2) is 6.13. The van der Waals surface area contributed by atoms with Crippen molar-refractivity contribution >= 4 is 21.6 Å². The number of aromatic nitrogens is 3. The van der Waals surface area contributed by atoms with Gasteiger partial charge in [-0.3, -0.25) is 10.1 Å². The van der Waals surface area contributed by atoms with E-state index in [1.165, 1.54) is 6.07 Å². The fraction of sp³-hybridized carbons (Fsp3) is 0.385. The van der Waals surface area contributed by atoms with E-state index in [4.69, 9.17) is 0 Å². The monoisotopic (exact) mass is 338 g/mol. The van der Waals surface area contributed by atoms with Gasteiger partial charge in [0.2, 0.25) is 0 Å². The Bertz CT molecular complexity index is 639. The van der Waals surface area contributed by atoms with Gasteiger partial charge in [-0.1, -0.05) is 28.9 Å². The molecule has 20 heavy (non-hydrogen) atoms. The second-order valence-electron chi connectivity index (χ2n) is 4.48. The van der Waals surface area contributed by atoms with Gasteiger partial charge < -0.3 is 4.57 Å². The lowest BCUT2D eigenvalue weighted by atomic mass is 10.1. The summed E-state index contributed by atoms with van der Waals surface area (Å²) in [7, 11) is 0. The number of hydrogen-bond donors (Lipinski definition) is 0. The molecule has 0 saturated carbocycles. The molecule has 0 aliphatic rings. The minimum atomic E-state index is -0.394. The highest BCUT2D eigenvalue weighted by molar-refractivity contribution is 9.08. The molecule has 1 aromatic heterocycles. The van der Waals surface area contributed by atoms with Gasteiger partial charge in [0.25, 0.3) is 5.69 Å². The van der Waals surface area contributed by atoms with Crippen molar-refractivity contribution < 1.29 is 4.92 Å². The first-order valence-electron chi connectivity index (χ1n) is 6.32. The Morgan fingerprint density at radius 3 is 2.75 bits per heavy atom. The largest absolute Gasteiger partial charge is 0.310 e. The van der Waals surface area contributed by atoms with Crippen LogP contribution < -0.4 is 0 Å². The van der Waals surface area contributed by atoms with E-state index in [1.807, 2.05) is 11.5 Å². The number of nitro benzene ring substituents is 1. The molecule has 0 fully saturated rings. The van der Waals surface area contributed by atoms with E-state index in [9.17, 15) is 10.1 Å². The molecule has 0 aliphatic carbocycles. The molecule has 7 heteroatoms. The van der Waals surface area contributed by atoms with Crippen molar-refractivity contribution in [2.45, 2.75) is 32.1 Å². The highest BCUT2D eigenvalue weighted by Crippen LogP contribution is 2.27. The molecule has 0 atom stereocenters. The van der Waals surface area contributed by atoms with E-state index in [0.717, 1.165) is 29.9 Å². The van der Waals surface area contributed by atoms with Crippen LogP contribution >= 0.6 is 15.9 Å². The minimum Gasteiger partial charge on any atom is -0.310 e. The Hall–Kier alpha value is -1.76. The van der Waals surface area contributed by atoms with E-state index in [-0.39, 0.29) is 5.69 Å². The molecule has 2 aromatic rings. The summed E-state index contributed by atoms with van der Waals surface area (Å²) < 4.78 is 2.00. The Kier molecular flexibility index (Phi) is 4.49. The molecule has 106 valence electrons. The first kappa shape index (κ1) is 14.6. The number of aryl methyl sites for hydroxylation is 1.